The van der Waals surface area contributed by atoms with E-state index in [9.17, 15) is 30.6 Å². The highest BCUT2D eigenvalue weighted by atomic mass is 32.3. The maximum atomic E-state index is 12.1. The molecule has 146 valence electrons. The zero-order valence-corrected chi connectivity index (χ0v) is 17.2. The third-order valence-corrected chi connectivity index (χ3v) is 11.1. The average Bonchev–Trinajstić information content (AvgIpc) is 2.40. The van der Waals surface area contributed by atoms with E-state index in [0.29, 0.717) is 0 Å². The Kier molecular flexibility index (Phi) is 8.51. The molecule has 1 fully saturated rings. The molecular formula is C12H22N2O7S4. The molecule has 1 aliphatic heterocycles. The van der Waals surface area contributed by atoms with E-state index in [4.69, 9.17) is 5.73 Å². The van der Waals surface area contributed by atoms with Crippen LogP contribution in [0.4, 0.5) is 0 Å². The van der Waals surface area contributed by atoms with Crippen LogP contribution in [0, 0.1) is 0 Å². The first-order valence-electron chi connectivity index (χ1n) is 7.25. The standard InChI is InChI=1S/C12H22N2O7S4/c1-9(14-11(15)4-3-10(13)12(14)16)5-22(17)6-23(18)7-24(19)8-25(2,20)21/h9-10H,3-8,13H2,1-2H3. The quantitative estimate of drug-likeness (QED) is 0.410. The van der Waals surface area contributed by atoms with E-state index in [1.165, 1.54) is 0 Å². The molecule has 13 heteroatoms. The molecule has 0 aliphatic carbocycles. The van der Waals surface area contributed by atoms with Crippen LogP contribution in [0.25, 0.3) is 0 Å². The summed E-state index contributed by atoms with van der Waals surface area (Å²) in [6, 6.07) is -1.42. The lowest BCUT2D eigenvalue weighted by Gasteiger charge is -2.33. The fourth-order valence-corrected chi connectivity index (χ4v) is 9.38. The number of imide groups is 1. The number of nitrogens with two attached hydrogens (primary N) is 1. The zero-order chi connectivity index (χ0) is 19.4. The first-order chi connectivity index (χ1) is 11.4. The number of carbonyl (C=O) groups excluding carboxylic acids is 2. The molecule has 1 aliphatic rings. The number of rotatable bonds is 9. The molecule has 1 saturated heterocycles. The van der Waals surface area contributed by atoms with Gasteiger partial charge in [0, 0.05) is 56.9 Å². The summed E-state index contributed by atoms with van der Waals surface area (Å²) in [7, 11) is -8.65. The zero-order valence-electron chi connectivity index (χ0n) is 13.9. The summed E-state index contributed by atoms with van der Waals surface area (Å²) in [6.45, 7) is 1.55. The SMILES string of the molecule is CC(CS(=O)CS(=O)CS(=O)CS(C)(=O)=O)N1C(=O)CCC(N)C1=O. The second-order valence-corrected chi connectivity index (χ2v) is 13.5. The van der Waals surface area contributed by atoms with Gasteiger partial charge in [-0.2, -0.15) is 0 Å². The van der Waals surface area contributed by atoms with Gasteiger partial charge in [0.05, 0.1) is 6.04 Å². The number of likely N-dealkylation sites (tertiary alicyclic amines) is 1. The molecule has 1 heterocycles. The summed E-state index contributed by atoms with van der Waals surface area (Å²) in [5.41, 5.74) is 5.63. The molecule has 5 atom stereocenters. The van der Waals surface area contributed by atoms with Gasteiger partial charge in [0.2, 0.25) is 11.8 Å². The van der Waals surface area contributed by atoms with Gasteiger partial charge < -0.3 is 5.73 Å². The largest absolute Gasteiger partial charge is 0.320 e. The van der Waals surface area contributed by atoms with Crippen molar-refractivity contribution in [3.63, 3.8) is 0 Å². The minimum Gasteiger partial charge on any atom is -0.320 e. The summed E-state index contributed by atoms with van der Waals surface area (Å²) in [5.74, 6) is -0.975. The first-order valence-corrected chi connectivity index (χ1v) is 13.8. The summed E-state index contributed by atoms with van der Waals surface area (Å²) < 4.78 is 57.6. The summed E-state index contributed by atoms with van der Waals surface area (Å²) >= 11 is 0. The van der Waals surface area contributed by atoms with Crippen molar-refractivity contribution in [2.75, 3.05) is 27.3 Å². The van der Waals surface area contributed by atoms with Crippen molar-refractivity contribution in [2.24, 2.45) is 5.73 Å². The van der Waals surface area contributed by atoms with Crippen molar-refractivity contribution < 1.29 is 30.6 Å². The van der Waals surface area contributed by atoms with Crippen molar-refractivity contribution in [1.82, 2.24) is 4.90 Å². The number of carbonyl (C=O) groups is 2. The normalized spacial score (nSPS) is 24.0. The first kappa shape index (κ1) is 22.5. The topological polar surface area (TPSA) is 149 Å². The van der Waals surface area contributed by atoms with Crippen LogP contribution in [0.1, 0.15) is 19.8 Å². The number of amides is 2. The Morgan fingerprint density at radius 1 is 1.16 bits per heavy atom. The number of hydrogen-bond acceptors (Lipinski definition) is 8. The molecule has 25 heavy (non-hydrogen) atoms. The number of hydrogen-bond donors (Lipinski definition) is 1. The molecule has 5 unspecified atom stereocenters. The lowest BCUT2D eigenvalue weighted by Crippen LogP contribution is -2.55. The maximum absolute atomic E-state index is 12.1. The van der Waals surface area contributed by atoms with Crippen molar-refractivity contribution >= 4 is 54.1 Å². The van der Waals surface area contributed by atoms with Crippen molar-refractivity contribution in [1.29, 1.82) is 0 Å². The second kappa shape index (κ2) is 9.44. The van der Waals surface area contributed by atoms with Crippen molar-refractivity contribution in [3.8, 4) is 0 Å². The van der Waals surface area contributed by atoms with Gasteiger partial charge in [-0.3, -0.25) is 27.1 Å². The number of sulfone groups is 1. The minimum atomic E-state index is -3.45. The van der Waals surface area contributed by atoms with Crippen molar-refractivity contribution in [3.05, 3.63) is 0 Å². The molecule has 0 aromatic heterocycles. The molecule has 0 aromatic rings. The van der Waals surface area contributed by atoms with Crippen molar-refractivity contribution in [2.45, 2.75) is 31.8 Å². The molecule has 0 spiro atoms. The molecule has 9 nitrogen and oxygen atoms in total. The highest BCUT2D eigenvalue weighted by Crippen LogP contribution is 2.15. The predicted octanol–water partition coefficient (Wildman–Crippen LogP) is -1.99. The smallest absolute Gasteiger partial charge is 0.246 e. The summed E-state index contributed by atoms with van der Waals surface area (Å²) in [5, 5.41) is -1.29. The Labute approximate surface area is 154 Å². The van der Waals surface area contributed by atoms with E-state index in [1.54, 1.807) is 6.92 Å². The van der Waals surface area contributed by atoms with E-state index in [-0.39, 0.29) is 34.7 Å². The summed E-state index contributed by atoms with van der Waals surface area (Å²) in [6.07, 6.45) is 1.34. The third-order valence-electron chi connectivity index (χ3n) is 3.23. The Bertz CT molecular complexity index is 706. The van der Waals surface area contributed by atoms with E-state index >= 15 is 0 Å². The lowest BCUT2D eigenvalue weighted by atomic mass is 10.0. The van der Waals surface area contributed by atoms with Crippen LogP contribution in [0.3, 0.4) is 0 Å². The molecule has 0 saturated carbocycles. The van der Waals surface area contributed by atoms with Gasteiger partial charge in [0.25, 0.3) is 0 Å². The van der Waals surface area contributed by atoms with Crippen LogP contribution in [0.15, 0.2) is 0 Å². The fourth-order valence-electron chi connectivity index (χ4n) is 2.28. The molecule has 1 rings (SSSR count). The van der Waals surface area contributed by atoms with Crippen LogP contribution in [0.2, 0.25) is 0 Å². The van der Waals surface area contributed by atoms with E-state index < -0.39 is 65.3 Å². The fraction of sp³-hybridized carbons (Fsp3) is 0.833. The van der Waals surface area contributed by atoms with E-state index in [2.05, 4.69) is 0 Å². The molecule has 2 N–H and O–H groups in total. The second-order valence-electron chi connectivity index (χ2n) is 5.86. The predicted molar refractivity (Wildman–Crippen MR) is 97.3 cm³/mol. The third kappa shape index (κ3) is 7.72. The van der Waals surface area contributed by atoms with Gasteiger partial charge in [-0.15, -0.1) is 0 Å². The maximum Gasteiger partial charge on any atom is 0.246 e. The molecule has 0 radical (unpaired) electrons. The van der Waals surface area contributed by atoms with Crippen LogP contribution < -0.4 is 5.73 Å². The Hall–Kier alpha value is -0.500. The molecular weight excluding hydrogens is 412 g/mol. The number of piperidine rings is 1. The van der Waals surface area contributed by atoms with Crippen LogP contribution in [-0.2, 0) is 51.8 Å². The molecule has 2 amide bonds. The Morgan fingerprint density at radius 3 is 2.28 bits per heavy atom. The minimum absolute atomic E-state index is 0.0748. The van der Waals surface area contributed by atoms with Gasteiger partial charge in [0.1, 0.15) is 15.3 Å². The van der Waals surface area contributed by atoms with Gasteiger partial charge >= 0.3 is 0 Å². The number of nitrogens with zero attached hydrogens (tertiary/aromatic N) is 1. The Balaban J connectivity index is 2.55. The lowest BCUT2D eigenvalue weighted by molar-refractivity contribution is -0.151. The highest BCUT2D eigenvalue weighted by Gasteiger charge is 2.35. The van der Waals surface area contributed by atoms with Crippen LogP contribution >= 0.6 is 0 Å². The monoisotopic (exact) mass is 434 g/mol. The van der Waals surface area contributed by atoms with Gasteiger partial charge in [-0.05, 0) is 13.3 Å². The summed E-state index contributed by atoms with van der Waals surface area (Å²) in [4.78, 5) is 24.8. The van der Waals surface area contributed by atoms with E-state index in [1.807, 2.05) is 0 Å². The van der Waals surface area contributed by atoms with Gasteiger partial charge in [-0.25, -0.2) is 8.42 Å². The van der Waals surface area contributed by atoms with Gasteiger partial charge in [0.15, 0.2) is 9.84 Å². The van der Waals surface area contributed by atoms with Crippen LogP contribution in [-0.4, -0.2) is 77.1 Å². The average molecular weight is 435 g/mol. The van der Waals surface area contributed by atoms with Crippen LogP contribution in [0.5, 0.6) is 0 Å². The van der Waals surface area contributed by atoms with E-state index in [0.717, 1.165) is 11.2 Å². The highest BCUT2D eigenvalue weighted by molar-refractivity contribution is 8.13. The molecule has 0 aromatic carbocycles. The van der Waals surface area contributed by atoms with Gasteiger partial charge in [-0.1, -0.05) is 0 Å². The molecule has 0 bridgehead atoms. The Morgan fingerprint density at radius 2 is 1.72 bits per heavy atom.